The highest BCUT2D eigenvalue weighted by atomic mass is 35.5. The summed E-state index contributed by atoms with van der Waals surface area (Å²) in [6.45, 7) is 1.02. The van der Waals surface area contributed by atoms with E-state index in [0.717, 1.165) is 0 Å². The van der Waals surface area contributed by atoms with Gasteiger partial charge in [0, 0.05) is 17.3 Å². The van der Waals surface area contributed by atoms with E-state index in [1.807, 2.05) is 0 Å². The van der Waals surface area contributed by atoms with Crippen molar-refractivity contribution in [3.05, 3.63) is 29.3 Å². The Balaban J connectivity index is 2.18. The Morgan fingerprint density at radius 1 is 1.29 bits per heavy atom. The van der Waals surface area contributed by atoms with Crippen LogP contribution in [0.25, 0.3) is 0 Å². The quantitative estimate of drug-likeness (QED) is 0.677. The Hall–Kier alpha value is -1.30. The summed E-state index contributed by atoms with van der Waals surface area (Å²) in [7, 11) is 0. The van der Waals surface area contributed by atoms with Crippen molar-refractivity contribution in [2.24, 2.45) is 0 Å². The number of carbonyl (C=O) groups is 1. The van der Waals surface area contributed by atoms with Gasteiger partial charge in [-0.05, 0) is 24.3 Å². The minimum Gasteiger partial charge on any atom is -0.394 e. The number of rotatable bonds is 6. The highest BCUT2D eigenvalue weighted by Gasteiger charge is 2.00. The number of urea groups is 1. The van der Waals surface area contributed by atoms with Crippen LogP contribution in [0.15, 0.2) is 24.3 Å². The highest BCUT2D eigenvalue weighted by molar-refractivity contribution is 6.30. The topological polar surface area (TPSA) is 70.6 Å². The molecule has 1 rings (SSSR count). The van der Waals surface area contributed by atoms with Crippen LogP contribution in [0.2, 0.25) is 5.02 Å². The fraction of sp³-hybridized carbons (Fsp3) is 0.364. The van der Waals surface area contributed by atoms with Crippen molar-refractivity contribution >= 4 is 23.3 Å². The molecule has 3 N–H and O–H groups in total. The van der Waals surface area contributed by atoms with Gasteiger partial charge in [-0.2, -0.15) is 0 Å². The molecule has 94 valence electrons. The molecule has 0 atom stereocenters. The lowest BCUT2D eigenvalue weighted by Gasteiger charge is -2.07. The third-order valence-electron chi connectivity index (χ3n) is 1.87. The number of halogens is 1. The second kappa shape index (κ2) is 7.89. The molecule has 5 nitrogen and oxygen atoms in total. The number of anilines is 1. The van der Waals surface area contributed by atoms with E-state index in [1.54, 1.807) is 24.3 Å². The Kier molecular flexibility index (Phi) is 6.39. The molecule has 0 saturated carbocycles. The number of carbonyl (C=O) groups excluding carboxylic acids is 1. The summed E-state index contributed by atoms with van der Waals surface area (Å²) in [5.41, 5.74) is 0.670. The van der Waals surface area contributed by atoms with Gasteiger partial charge in [0.15, 0.2) is 0 Å². The summed E-state index contributed by atoms with van der Waals surface area (Å²) < 4.78 is 4.99. The van der Waals surface area contributed by atoms with Crippen LogP contribution in [0.4, 0.5) is 10.5 Å². The van der Waals surface area contributed by atoms with E-state index in [4.69, 9.17) is 21.4 Å². The molecule has 0 bridgehead atoms. The fourth-order valence-corrected chi connectivity index (χ4v) is 1.24. The maximum Gasteiger partial charge on any atom is 0.319 e. The Bertz CT molecular complexity index is 343. The summed E-state index contributed by atoms with van der Waals surface area (Å²) in [5.74, 6) is 0. The molecule has 0 spiro atoms. The van der Waals surface area contributed by atoms with Gasteiger partial charge >= 0.3 is 6.03 Å². The van der Waals surface area contributed by atoms with Crippen LogP contribution in [-0.4, -0.2) is 37.5 Å². The number of amides is 2. The lowest BCUT2D eigenvalue weighted by atomic mass is 10.3. The Labute approximate surface area is 105 Å². The number of aliphatic hydroxyl groups excluding tert-OH is 1. The van der Waals surface area contributed by atoms with Crippen molar-refractivity contribution < 1.29 is 14.6 Å². The zero-order valence-electron chi connectivity index (χ0n) is 9.28. The van der Waals surface area contributed by atoms with Crippen molar-refractivity contribution in [3.63, 3.8) is 0 Å². The molecule has 2 amide bonds. The zero-order chi connectivity index (χ0) is 12.5. The first-order valence-electron chi connectivity index (χ1n) is 5.21. The van der Waals surface area contributed by atoms with Crippen molar-refractivity contribution in [3.8, 4) is 0 Å². The minimum absolute atomic E-state index is 0.0169. The van der Waals surface area contributed by atoms with Crippen LogP contribution < -0.4 is 10.6 Å². The smallest absolute Gasteiger partial charge is 0.319 e. The first kappa shape index (κ1) is 13.8. The van der Waals surface area contributed by atoms with Crippen LogP contribution in [0.5, 0.6) is 0 Å². The third kappa shape index (κ3) is 6.11. The normalized spacial score (nSPS) is 10.0. The third-order valence-corrected chi connectivity index (χ3v) is 2.12. The van der Waals surface area contributed by atoms with Crippen molar-refractivity contribution in [2.75, 3.05) is 31.7 Å². The summed E-state index contributed by atoms with van der Waals surface area (Å²) in [6.07, 6.45) is 0. The lowest BCUT2D eigenvalue weighted by Crippen LogP contribution is -2.31. The van der Waals surface area contributed by atoms with E-state index >= 15 is 0 Å². The first-order chi connectivity index (χ1) is 8.22. The largest absolute Gasteiger partial charge is 0.394 e. The average molecular weight is 259 g/mol. The molecule has 0 heterocycles. The minimum atomic E-state index is -0.306. The molecular weight excluding hydrogens is 244 g/mol. The van der Waals surface area contributed by atoms with Gasteiger partial charge in [0.1, 0.15) is 0 Å². The number of ether oxygens (including phenoxy) is 1. The Morgan fingerprint density at radius 2 is 2.00 bits per heavy atom. The maximum atomic E-state index is 11.4. The van der Waals surface area contributed by atoms with Crippen LogP contribution in [0.3, 0.4) is 0 Å². The lowest BCUT2D eigenvalue weighted by molar-refractivity contribution is 0.0950. The van der Waals surface area contributed by atoms with E-state index in [9.17, 15) is 4.79 Å². The molecule has 17 heavy (non-hydrogen) atoms. The summed E-state index contributed by atoms with van der Waals surface area (Å²) in [5, 5.41) is 14.3. The molecule has 0 radical (unpaired) electrons. The molecule has 0 aliphatic rings. The maximum absolute atomic E-state index is 11.4. The van der Waals surface area contributed by atoms with Gasteiger partial charge in [0.25, 0.3) is 0 Å². The summed E-state index contributed by atoms with van der Waals surface area (Å²) >= 11 is 5.72. The molecule has 1 aromatic carbocycles. The molecular formula is C11H15ClN2O3. The van der Waals surface area contributed by atoms with Gasteiger partial charge in [-0.25, -0.2) is 4.79 Å². The predicted molar refractivity (Wildman–Crippen MR) is 66.4 cm³/mol. The van der Waals surface area contributed by atoms with Crippen LogP contribution in [-0.2, 0) is 4.74 Å². The zero-order valence-corrected chi connectivity index (χ0v) is 10.0. The molecule has 0 saturated heterocycles. The first-order valence-corrected chi connectivity index (χ1v) is 5.59. The summed E-state index contributed by atoms with van der Waals surface area (Å²) in [6, 6.07) is 6.51. The SMILES string of the molecule is O=C(NCCOCCO)Nc1ccc(Cl)cc1. The number of benzene rings is 1. The van der Waals surface area contributed by atoms with Gasteiger partial charge in [-0.3, -0.25) is 0 Å². The van der Waals surface area contributed by atoms with Gasteiger partial charge < -0.3 is 20.5 Å². The number of hydrogen-bond donors (Lipinski definition) is 3. The molecule has 0 aliphatic carbocycles. The molecule has 0 fully saturated rings. The van der Waals surface area contributed by atoms with Crippen molar-refractivity contribution in [1.29, 1.82) is 0 Å². The van der Waals surface area contributed by atoms with E-state index in [1.165, 1.54) is 0 Å². The number of nitrogens with one attached hydrogen (secondary N) is 2. The second-order valence-electron chi connectivity index (χ2n) is 3.22. The fourth-order valence-electron chi connectivity index (χ4n) is 1.11. The van der Waals surface area contributed by atoms with Crippen molar-refractivity contribution in [2.45, 2.75) is 0 Å². The second-order valence-corrected chi connectivity index (χ2v) is 3.66. The standard InChI is InChI=1S/C11H15ClN2O3/c12-9-1-3-10(4-2-9)14-11(16)13-5-7-17-8-6-15/h1-4,15H,5-8H2,(H2,13,14,16). The van der Waals surface area contributed by atoms with Crippen molar-refractivity contribution in [1.82, 2.24) is 5.32 Å². The highest BCUT2D eigenvalue weighted by Crippen LogP contribution is 2.12. The van der Waals surface area contributed by atoms with Crippen LogP contribution in [0.1, 0.15) is 0 Å². The van der Waals surface area contributed by atoms with Gasteiger partial charge in [0.2, 0.25) is 0 Å². The number of aliphatic hydroxyl groups is 1. The number of hydrogen-bond acceptors (Lipinski definition) is 3. The van der Waals surface area contributed by atoms with E-state index in [0.29, 0.717) is 23.9 Å². The predicted octanol–water partition coefficient (Wildman–Crippen LogP) is 1.47. The van der Waals surface area contributed by atoms with Gasteiger partial charge in [-0.15, -0.1) is 0 Å². The van der Waals surface area contributed by atoms with Gasteiger partial charge in [-0.1, -0.05) is 11.6 Å². The monoisotopic (exact) mass is 258 g/mol. The van der Waals surface area contributed by atoms with E-state index in [2.05, 4.69) is 10.6 Å². The van der Waals surface area contributed by atoms with Gasteiger partial charge in [0.05, 0.1) is 19.8 Å². The molecule has 1 aromatic rings. The molecule has 0 aromatic heterocycles. The van der Waals surface area contributed by atoms with Crippen LogP contribution >= 0.6 is 11.6 Å². The summed E-state index contributed by atoms with van der Waals surface area (Å²) in [4.78, 5) is 11.4. The van der Waals surface area contributed by atoms with Crippen LogP contribution in [0, 0.1) is 0 Å². The molecule has 0 aliphatic heterocycles. The van der Waals surface area contributed by atoms with E-state index in [-0.39, 0.29) is 19.2 Å². The molecule has 6 heteroatoms. The molecule has 0 unspecified atom stereocenters. The average Bonchev–Trinajstić information content (AvgIpc) is 2.32. The Morgan fingerprint density at radius 3 is 2.65 bits per heavy atom. The van der Waals surface area contributed by atoms with E-state index < -0.39 is 0 Å².